The van der Waals surface area contributed by atoms with E-state index in [1.54, 1.807) is 29.2 Å². The highest BCUT2D eigenvalue weighted by atomic mass is 35.5. The van der Waals surface area contributed by atoms with E-state index in [-0.39, 0.29) is 24.0 Å². The first-order valence-electron chi connectivity index (χ1n) is 7.24. The van der Waals surface area contributed by atoms with Gasteiger partial charge in [0.15, 0.2) is 5.75 Å². The van der Waals surface area contributed by atoms with Crippen molar-refractivity contribution in [3.63, 3.8) is 0 Å². The molecule has 0 saturated carbocycles. The van der Waals surface area contributed by atoms with Crippen molar-refractivity contribution in [3.05, 3.63) is 52.0 Å². The Morgan fingerprint density at radius 2 is 2.08 bits per heavy atom. The molecule has 0 fully saturated rings. The summed E-state index contributed by atoms with van der Waals surface area (Å²) in [7, 11) is 0. The summed E-state index contributed by atoms with van der Waals surface area (Å²) in [5, 5.41) is 3.35. The molecule has 0 saturated heterocycles. The minimum Gasteiger partial charge on any atom is -0.423 e. The van der Waals surface area contributed by atoms with Gasteiger partial charge in [0.25, 0.3) is 0 Å². The minimum absolute atomic E-state index is 0.00556. The molecular weight excluding hydrogens is 351 g/mol. The number of benzene rings is 2. The highest BCUT2D eigenvalue weighted by Crippen LogP contribution is 2.33. The Kier molecular flexibility index (Phi) is 4.64. The second-order valence-corrected chi connectivity index (χ2v) is 6.24. The minimum atomic E-state index is -0.403. The zero-order chi connectivity index (χ0) is 17.3. The van der Waals surface area contributed by atoms with Crippen LogP contribution in [0.1, 0.15) is 5.56 Å². The largest absolute Gasteiger partial charge is 0.423 e. The van der Waals surface area contributed by atoms with Gasteiger partial charge < -0.3 is 15.0 Å². The molecule has 2 aromatic carbocycles. The molecule has 1 N–H and O–H groups in total. The zero-order valence-corrected chi connectivity index (χ0v) is 14.3. The van der Waals surface area contributed by atoms with E-state index in [2.05, 4.69) is 5.32 Å². The Labute approximate surface area is 149 Å². The highest BCUT2D eigenvalue weighted by Gasteiger charge is 2.26. The number of ether oxygens (including phenoxy) is 1. The predicted molar refractivity (Wildman–Crippen MR) is 94.1 cm³/mol. The van der Waals surface area contributed by atoms with E-state index in [1.165, 1.54) is 0 Å². The third-order valence-electron chi connectivity index (χ3n) is 3.56. The van der Waals surface area contributed by atoms with Crippen molar-refractivity contribution in [1.29, 1.82) is 0 Å². The number of anilines is 2. The molecule has 0 bridgehead atoms. The van der Waals surface area contributed by atoms with Crippen molar-refractivity contribution in [2.45, 2.75) is 6.92 Å². The van der Waals surface area contributed by atoms with Crippen molar-refractivity contribution in [2.24, 2.45) is 0 Å². The Morgan fingerprint density at radius 3 is 2.88 bits per heavy atom. The number of carbonyl (C=O) groups is 2. The third-order valence-corrected chi connectivity index (χ3v) is 4.38. The Hall–Kier alpha value is -2.24. The SMILES string of the molecule is Cc1ccc2c(c1)N(CC(=O)Nc1cccc(Cl)c1Cl)CC(=O)O2. The molecule has 124 valence electrons. The summed E-state index contributed by atoms with van der Waals surface area (Å²) in [5.74, 6) is -0.258. The summed E-state index contributed by atoms with van der Waals surface area (Å²) >= 11 is 12.0. The number of fused-ring (bicyclic) bond motifs is 1. The second kappa shape index (κ2) is 6.71. The molecule has 0 unspecified atom stereocenters. The summed E-state index contributed by atoms with van der Waals surface area (Å²) in [6.07, 6.45) is 0. The van der Waals surface area contributed by atoms with Gasteiger partial charge in [-0.1, -0.05) is 35.3 Å². The summed E-state index contributed by atoms with van der Waals surface area (Å²) in [6.45, 7) is 1.93. The van der Waals surface area contributed by atoms with Gasteiger partial charge in [0.2, 0.25) is 5.91 Å². The number of nitrogens with one attached hydrogen (secondary N) is 1. The Morgan fingerprint density at radius 1 is 1.29 bits per heavy atom. The zero-order valence-electron chi connectivity index (χ0n) is 12.8. The van der Waals surface area contributed by atoms with E-state index < -0.39 is 5.97 Å². The molecule has 0 spiro atoms. The molecule has 0 radical (unpaired) electrons. The van der Waals surface area contributed by atoms with Crippen LogP contribution in [0.3, 0.4) is 0 Å². The molecule has 1 amide bonds. The molecule has 7 heteroatoms. The van der Waals surface area contributed by atoms with Crippen molar-refractivity contribution in [2.75, 3.05) is 23.3 Å². The number of aryl methyl sites for hydroxylation is 1. The van der Waals surface area contributed by atoms with Gasteiger partial charge in [0.1, 0.15) is 6.54 Å². The van der Waals surface area contributed by atoms with Crippen molar-refractivity contribution < 1.29 is 14.3 Å². The van der Waals surface area contributed by atoms with Crippen LogP contribution in [0.5, 0.6) is 5.75 Å². The van der Waals surface area contributed by atoms with E-state index in [0.717, 1.165) is 5.56 Å². The van der Waals surface area contributed by atoms with Crippen molar-refractivity contribution >= 4 is 46.5 Å². The number of halogens is 2. The summed E-state index contributed by atoms with van der Waals surface area (Å²) in [6, 6.07) is 10.4. The molecule has 0 atom stereocenters. The molecule has 24 heavy (non-hydrogen) atoms. The number of carbonyl (C=O) groups excluding carboxylic acids is 2. The average molecular weight is 365 g/mol. The lowest BCUT2D eigenvalue weighted by Gasteiger charge is -2.29. The standard InChI is InChI=1S/C17H14Cl2N2O3/c1-10-5-6-14-13(7-10)21(9-16(23)24-14)8-15(22)20-12-4-2-3-11(18)17(12)19/h2-7H,8-9H2,1H3,(H,20,22). The van der Waals surface area contributed by atoms with Crippen LogP contribution in [-0.2, 0) is 9.59 Å². The number of rotatable bonds is 3. The topological polar surface area (TPSA) is 58.6 Å². The first kappa shape index (κ1) is 16.6. The molecule has 2 aromatic rings. The van der Waals surface area contributed by atoms with Crippen LogP contribution >= 0.6 is 23.2 Å². The van der Waals surface area contributed by atoms with Crippen molar-refractivity contribution in [3.8, 4) is 5.75 Å². The van der Waals surface area contributed by atoms with Crippen LogP contribution in [0.2, 0.25) is 10.0 Å². The molecule has 0 aromatic heterocycles. The average Bonchev–Trinajstić information content (AvgIpc) is 2.52. The monoisotopic (exact) mass is 364 g/mol. The van der Waals surface area contributed by atoms with Crippen LogP contribution in [0.25, 0.3) is 0 Å². The molecule has 1 aliphatic rings. The number of hydrogen-bond acceptors (Lipinski definition) is 4. The normalized spacial score (nSPS) is 13.3. The van der Waals surface area contributed by atoms with E-state index in [0.29, 0.717) is 22.1 Å². The van der Waals surface area contributed by atoms with Gasteiger partial charge >= 0.3 is 5.97 Å². The van der Waals surface area contributed by atoms with Gasteiger partial charge in [-0.2, -0.15) is 0 Å². The van der Waals surface area contributed by atoms with E-state index in [4.69, 9.17) is 27.9 Å². The maximum Gasteiger partial charge on any atom is 0.331 e. The van der Waals surface area contributed by atoms with Gasteiger partial charge in [-0.25, -0.2) is 4.79 Å². The molecule has 3 rings (SSSR count). The first-order chi connectivity index (χ1) is 11.4. The van der Waals surface area contributed by atoms with Crippen LogP contribution in [0.15, 0.2) is 36.4 Å². The molecule has 1 heterocycles. The first-order valence-corrected chi connectivity index (χ1v) is 8.00. The second-order valence-electron chi connectivity index (χ2n) is 5.45. The number of hydrogen-bond donors (Lipinski definition) is 1. The highest BCUT2D eigenvalue weighted by molar-refractivity contribution is 6.44. The maximum atomic E-state index is 12.3. The van der Waals surface area contributed by atoms with Crippen LogP contribution < -0.4 is 15.0 Å². The van der Waals surface area contributed by atoms with Gasteiger partial charge in [-0.3, -0.25) is 4.79 Å². The lowest BCUT2D eigenvalue weighted by atomic mass is 10.1. The molecule has 0 aliphatic carbocycles. The van der Waals surface area contributed by atoms with Gasteiger partial charge in [0.05, 0.1) is 28.0 Å². The lowest BCUT2D eigenvalue weighted by molar-refractivity contribution is -0.133. The van der Waals surface area contributed by atoms with Crippen LogP contribution in [0, 0.1) is 6.92 Å². The van der Waals surface area contributed by atoms with E-state index in [9.17, 15) is 9.59 Å². The van der Waals surface area contributed by atoms with Crippen LogP contribution in [-0.4, -0.2) is 25.0 Å². The molecular formula is C17H14Cl2N2O3. The van der Waals surface area contributed by atoms with E-state index in [1.807, 2.05) is 19.1 Å². The quantitative estimate of drug-likeness (QED) is 0.666. The Balaban J connectivity index is 1.78. The molecule has 1 aliphatic heterocycles. The number of nitrogens with zero attached hydrogens (tertiary/aromatic N) is 1. The van der Waals surface area contributed by atoms with Gasteiger partial charge in [0, 0.05) is 0 Å². The van der Waals surface area contributed by atoms with Gasteiger partial charge in [-0.05, 0) is 36.8 Å². The van der Waals surface area contributed by atoms with Crippen molar-refractivity contribution in [1.82, 2.24) is 0 Å². The van der Waals surface area contributed by atoms with E-state index >= 15 is 0 Å². The smallest absolute Gasteiger partial charge is 0.331 e. The number of esters is 1. The third kappa shape index (κ3) is 3.47. The fourth-order valence-corrected chi connectivity index (χ4v) is 2.81. The van der Waals surface area contributed by atoms with Gasteiger partial charge in [-0.15, -0.1) is 0 Å². The number of amides is 1. The maximum absolute atomic E-state index is 12.3. The fraction of sp³-hybridized carbons (Fsp3) is 0.176. The lowest BCUT2D eigenvalue weighted by Crippen LogP contribution is -2.41. The fourth-order valence-electron chi connectivity index (χ4n) is 2.46. The summed E-state index contributed by atoms with van der Waals surface area (Å²) in [4.78, 5) is 25.7. The Bertz CT molecular complexity index is 823. The summed E-state index contributed by atoms with van der Waals surface area (Å²) in [5.41, 5.74) is 2.15. The molecule has 5 nitrogen and oxygen atoms in total. The summed E-state index contributed by atoms with van der Waals surface area (Å²) < 4.78 is 5.20. The van der Waals surface area contributed by atoms with Crippen LogP contribution in [0.4, 0.5) is 11.4 Å². The predicted octanol–water partition coefficient (Wildman–Crippen LogP) is 3.67.